The monoisotopic (exact) mass is 313 g/mol. The molecular formula is C18H23N3O2. The number of nitrogens with two attached hydrogens (primary N) is 1. The van der Waals surface area contributed by atoms with Gasteiger partial charge in [-0.05, 0) is 19.8 Å². The molecule has 1 aromatic heterocycles. The Morgan fingerprint density at radius 3 is 2.91 bits per heavy atom. The fourth-order valence-corrected chi connectivity index (χ4v) is 3.10. The van der Waals surface area contributed by atoms with Gasteiger partial charge in [0.25, 0.3) is 0 Å². The fourth-order valence-electron chi connectivity index (χ4n) is 3.10. The van der Waals surface area contributed by atoms with Gasteiger partial charge in [0.15, 0.2) is 11.7 Å². The molecule has 1 amide bonds. The van der Waals surface area contributed by atoms with E-state index in [0.717, 1.165) is 30.7 Å². The van der Waals surface area contributed by atoms with Gasteiger partial charge in [0.2, 0.25) is 5.91 Å². The largest absolute Gasteiger partial charge is 0.441 e. The lowest BCUT2D eigenvalue weighted by Gasteiger charge is -2.36. The number of benzene rings is 1. The van der Waals surface area contributed by atoms with E-state index in [-0.39, 0.29) is 18.0 Å². The maximum absolute atomic E-state index is 12.4. The zero-order chi connectivity index (χ0) is 16.2. The standard InChI is InChI=1S/C18H23N3O2/c1-13-11-15(19)9-10-21(13)18(22)8-7-17-20-12-16(23-17)14-5-3-2-4-6-14/h2-6,12-13,15H,7-11,19H2,1H3/t13-,15-/m1/s1. The molecular weight excluding hydrogens is 290 g/mol. The number of oxazole rings is 1. The minimum absolute atomic E-state index is 0.156. The van der Waals surface area contributed by atoms with Gasteiger partial charge in [0.05, 0.1) is 6.20 Å². The van der Waals surface area contributed by atoms with Crippen LogP contribution in [0.2, 0.25) is 0 Å². The van der Waals surface area contributed by atoms with Crippen molar-refractivity contribution < 1.29 is 9.21 Å². The first-order valence-corrected chi connectivity index (χ1v) is 8.18. The van der Waals surface area contributed by atoms with Crippen LogP contribution in [0.25, 0.3) is 11.3 Å². The molecule has 0 bridgehead atoms. The summed E-state index contributed by atoms with van der Waals surface area (Å²) in [5, 5.41) is 0. The number of aryl methyl sites for hydroxylation is 1. The Morgan fingerprint density at radius 2 is 2.17 bits per heavy atom. The number of carbonyl (C=O) groups excluding carboxylic acids is 1. The average molecular weight is 313 g/mol. The first-order chi connectivity index (χ1) is 11.1. The maximum Gasteiger partial charge on any atom is 0.223 e. The molecule has 23 heavy (non-hydrogen) atoms. The summed E-state index contributed by atoms with van der Waals surface area (Å²) in [4.78, 5) is 18.6. The first-order valence-electron chi connectivity index (χ1n) is 8.18. The molecule has 5 nitrogen and oxygen atoms in total. The summed E-state index contributed by atoms with van der Waals surface area (Å²) >= 11 is 0. The molecule has 1 aromatic carbocycles. The van der Waals surface area contributed by atoms with Gasteiger partial charge in [-0.25, -0.2) is 4.98 Å². The van der Waals surface area contributed by atoms with Crippen LogP contribution in [0.1, 0.15) is 32.1 Å². The highest BCUT2D eigenvalue weighted by Crippen LogP contribution is 2.21. The molecule has 0 spiro atoms. The van der Waals surface area contributed by atoms with Crippen LogP contribution in [-0.2, 0) is 11.2 Å². The summed E-state index contributed by atoms with van der Waals surface area (Å²) < 4.78 is 5.75. The Bertz CT molecular complexity index is 653. The Balaban J connectivity index is 1.56. The van der Waals surface area contributed by atoms with E-state index in [1.165, 1.54) is 0 Å². The predicted molar refractivity (Wildman–Crippen MR) is 88.6 cm³/mol. The van der Waals surface area contributed by atoms with Gasteiger partial charge in [-0.15, -0.1) is 0 Å². The van der Waals surface area contributed by atoms with Crippen LogP contribution < -0.4 is 5.73 Å². The highest BCUT2D eigenvalue weighted by Gasteiger charge is 2.26. The van der Waals surface area contributed by atoms with Gasteiger partial charge in [0.1, 0.15) is 0 Å². The maximum atomic E-state index is 12.4. The molecule has 1 fully saturated rings. The Hall–Kier alpha value is -2.14. The summed E-state index contributed by atoms with van der Waals surface area (Å²) in [7, 11) is 0. The topological polar surface area (TPSA) is 72.4 Å². The van der Waals surface area contributed by atoms with Crippen molar-refractivity contribution in [2.75, 3.05) is 6.54 Å². The van der Waals surface area contributed by atoms with Gasteiger partial charge >= 0.3 is 0 Å². The van der Waals surface area contributed by atoms with Crippen molar-refractivity contribution >= 4 is 5.91 Å². The van der Waals surface area contributed by atoms with Crippen molar-refractivity contribution in [2.24, 2.45) is 5.73 Å². The molecule has 2 N–H and O–H groups in total. The average Bonchev–Trinajstić information content (AvgIpc) is 3.02. The van der Waals surface area contributed by atoms with Crippen LogP contribution in [0.3, 0.4) is 0 Å². The number of hydrogen-bond acceptors (Lipinski definition) is 4. The number of amides is 1. The smallest absolute Gasteiger partial charge is 0.223 e. The van der Waals surface area contributed by atoms with Crippen LogP contribution in [0, 0.1) is 0 Å². The van der Waals surface area contributed by atoms with Gasteiger partial charge in [-0.2, -0.15) is 0 Å². The summed E-state index contributed by atoms with van der Waals surface area (Å²) in [6.45, 7) is 2.82. The number of aromatic nitrogens is 1. The second-order valence-electron chi connectivity index (χ2n) is 6.20. The summed E-state index contributed by atoms with van der Waals surface area (Å²) in [6, 6.07) is 10.3. The van der Waals surface area contributed by atoms with E-state index < -0.39 is 0 Å². The predicted octanol–water partition coefficient (Wildman–Crippen LogP) is 2.61. The minimum Gasteiger partial charge on any atom is -0.441 e. The quantitative estimate of drug-likeness (QED) is 0.941. The normalized spacial score (nSPS) is 21.4. The number of nitrogens with zero attached hydrogens (tertiary/aromatic N) is 2. The SMILES string of the molecule is C[C@@H]1C[C@H](N)CCN1C(=O)CCc1ncc(-c2ccccc2)o1. The minimum atomic E-state index is 0.156. The number of hydrogen-bond donors (Lipinski definition) is 1. The molecule has 1 aliphatic rings. The van der Waals surface area contributed by atoms with E-state index in [1.807, 2.05) is 35.2 Å². The van der Waals surface area contributed by atoms with Gasteiger partial charge in [-0.3, -0.25) is 4.79 Å². The summed E-state index contributed by atoms with van der Waals surface area (Å²) in [5.41, 5.74) is 6.94. The van der Waals surface area contributed by atoms with E-state index in [2.05, 4.69) is 11.9 Å². The molecule has 0 radical (unpaired) electrons. The Kier molecular flexibility index (Phi) is 4.76. The van der Waals surface area contributed by atoms with Gasteiger partial charge in [-0.1, -0.05) is 30.3 Å². The molecule has 2 heterocycles. The van der Waals surface area contributed by atoms with E-state index in [4.69, 9.17) is 10.2 Å². The zero-order valence-corrected chi connectivity index (χ0v) is 13.4. The third kappa shape index (κ3) is 3.79. The third-order valence-electron chi connectivity index (χ3n) is 4.40. The number of likely N-dealkylation sites (tertiary alicyclic amines) is 1. The van der Waals surface area contributed by atoms with Crippen LogP contribution >= 0.6 is 0 Å². The van der Waals surface area contributed by atoms with Crippen LogP contribution in [0.5, 0.6) is 0 Å². The van der Waals surface area contributed by atoms with E-state index in [1.54, 1.807) is 6.20 Å². The van der Waals surface area contributed by atoms with Crippen molar-refractivity contribution in [3.63, 3.8) is 0 Å². The molecule has 122 valence electrons. The highest BCUT2D eigenvalue weighted by molar-refractivity contribution is 5.76. The van der Waals surface area contributed by atoms with Crippen LogP contribution in [0.15, 0.2) is 40.9 Å². The Morgan fingerprint density at radius 1 is 1.39 bits per heavy atom. The summed E-state index contributed by atoms with van der Waals surface area (Å²) in [5.74, 6) is 1.51. The van der Waals surface area contributed by atoms with Crippen molar-refractivity contribution in [2.45, 2.75) is 44.7 Å². The second kappa shape index (κ2) is 6.96. The van der Waals surface area contributed by atoms with Gasteiger partial charge in [0, 0.05) is 37.0 Å². The molecule has 0 aliphatic carbocycles. The van der Waals surface area contributed by atoms with Gasteiger partial charge < -0.3 is 15.1 Å². The lowest BCUT2D eigenvalue weighted by atomic mass is 9.98. The molecule has 0 saturated carbocycles. The lowest BCUT2D eigenvalue weighted by Crippen LogP contribution is -2.48. The second-order valence-corrected chi connectivity index (χ2v) is 6.20. The molecule has 2 atom stereocenters. The molecule has 0 unspecified atom stereocenters. The van der Waals surface area contributed by atoms with Crippen LogP contribution in [-0.4, -0.2) is 34.4 Å². The van der Waals surface area contributed by atoms with Crippen LogP contribution in [0.4, 0.5) is 0 Å². The molecule has 3 rings (SSSR count). The zero-order valence-electron chi connectivity index (χ0n) is 13.4. The lowest BCUT2D eigenvalue weighted by molar-refractivity contribution is -0.134. The number of carbonyl (C=O) groups is 1. The first kappa shape index (κ1) is 15.7. The summed E-state index contributed by atoms with van der Waals surface area (Å²) in [6.07, 6.45) is 4.43. The van der Waals surface area contributed by atoms with Crippen molar-refractivity contribution in [1.82, 2.24) is 9.88 Å². The van der Waals surface area contributed by atoms with Crippen molar-refractivity contribution in [1.29, 1.82) is 0 Å². The molecule has 5 heteroatoms. The molecule has 2 aromatic rings. The Labute approximate surface area is 136 Å². The fraction of sp³-hybridized carbons (Fsp3) is 0.444. The van der Waals surface area contributed by atoms with Crippen molar-refractivity contribution in [3.8, 4) is 11.3 Å². The highest BCUT2D eigenvalue weighted by atomic mass is 16.4. The number of rotatable bonds is 4. The molecule has 1 saturated heterocycles. The third-order valence-corrected chi connectivity index (χ3v) is 4.40. The number of piperidine rings is 1. The van der Waals surface area contributed by atoms with E-state index >= 15 is 0 Å². The van der Waals surface area contributed by atoms with E-state index in [9.17, 15) is 4.79 Å². The molecule has 1 aliphatic heterocycles. The van der Waals surface area contributed by atoms with Crippen molar-refractivity contribution in [3.05, 3.63) is 42.4 Å². The van der Waals surface area contributed by atoms with E-state index in [0.29, 0.717) is 18.7 Å².